The molecule has 1 unspecified atom stereocenters. The molecule has 1 aromatic carbocycles. The molecule has 1 heterocycles. The van der Waals surface area contributed by atoms with E-state index in [-0.39, 0.29) is 24.2 Å². The Balaban J connectivity index is 2.20. The van der Waals surface area contributed by atoms with Crippen molar-refractivity contribution in [2.24, 2.45) is 5.92 Å². The van der Waals surface area contributed by atoms with Crippen LogP contribution in [0, 0.1) is 5.92 Å². The van der Waals surface area contributed by atoms with Crippen LogP contribution in [-0.4, -0.2) is 34.7 Å². The highest BCUT2D eigenvalue weighted by Gasteiger charge is 2.52. The quantitative estimate of drug-likeness (QED) is 0.667. The van der Waals surface area contributed by atoms with Crippen LogP contribution in [0.3, 0.4) is 0 Å². The summed E-state index contributed by atoms with van der Waals surface area (Å²) in [7, 11) is 0. The molecular formula is C16H20N2O3. The lowest BCUT2D eigenvalue weighted by atomic mass is 9.84. The van der Waals surface area contributed by atoms with Gasteiger partial charge in [0, 0.05) is 5.56 Å². The Morgan fingerprint density at radius 2 is 1.86 bits per heavy atom. The second kappa shape index (κ2) is 5.68. The van der Waals surface area contributed by atoms with E-state index < -0.39 is 11.6 Å². The van der Waals surface area contributed by atoms with E-state index in [2.05, 4.69) is 5.32 Å². The second-order valence-electron chi connectivity index (χ2n) is 5.59. The number of amides is 3. The summed E-state index contributed by atoms with van der Waals surface area (Å²) in [6.45, 7) is 5.43. The van der Waals surface area contributed by atoms with Crippen molar-refractivity contribution in [2.45, 2.75) is 32.7 Å². The van der Waals surface area contributed by atoms with Gasteiger partial charge in [-0.1, -0.05) is 51.1 Å². The molecule has 21 heavy (non-hydrogen) atoms. The molecule has 0 bridgehead atoms. The summed E-state index contributed by atoms with van der Waals surface area (Å²) in [5.74, 6) is -0.584. The Morgan fingerprint density at radius 3 is 2.33 bits per heavy atom. The predicted molar refractivity (Wildman–Crippen MR) is 78.9 cm³/mol. The molecule has 0 spiro atoms. The number of urea groups is 1. The number of carbonyl (C=O) groups excluding carboxylic acids is 3. The van der Waals surface area contributed by atoms with Gasteiger partial charge in [0.15, 0.2) is 5.78 Å². The van der Waals surface area contributed by atoms with E-state index in [4.69, 9.17) is 0 Å². The Hall–Kier alpha value is -2.17. The first kappa shape index (κ1) is 15.2. The van der Waals surface area contributed by atoms with Gasteiger partial charge >= 0.3 is 6.03 Å². The highest BCUT2D eigenvalue weighted by molar-refractivity contribution is 6.11. The summed E-state index contributed by atoms with van der Waals surface area (Å²) in [4.78, 5) is 37.9. The van der Waals surface area contributed by atoms with E-state index in [1.54, 1.807) is 24.3 Å². The number of ketones is 1. The molecule has 0 saturated carbocycles. The molecule has 1 aromatic rings. The lowest BCUT2D eigenvalue weighted by molar-refractivity contribution is -0.132. The van der Waals surface area contributed by atoms with Gasteiger partial charge in [-0.2, -0.15) is 0 Å². The molecule has 1 saturated heterocycles. The van der Waals surface area contributed by atoms with Crippen LogP contribution in [0.2, 0.25) is 0 Å². The third kappa shape index (κ3) is 2.55. The number of nitrogens with one attached hydrogen (secondary N) is 1. The van der Waals surface area contributed by atoms with E-state index in [0.29, 0.717) is 12.0 Å². The number of hydrogen-bond acceptors (Lipinski definition) is 3. The number of imide groups is 1. The third-order valence-corrected chi connectivity index (χ3v) is 4.14. The van der Waals surface area contributed by atoms with Gasteiger partial charge in [-0.3, -0.25) is 14.5 Å². The van der Waals surface area contributed by atoms with Gasteiger partial charge in [-0.15, -0.1) is 0 Å². The largest absolute Gasteiger partial charge is 0.325 e. The molecule has 2 rings (SSSR count). The van der Waals surface area contributed by atoms with Crippen molar-refractivity contribution in [1.29, 1.82) is 0 Å². The SMILES string of the molecule is CCC1(C(C)C)NC(=O)N(CC(=O)c2ccccc2)C1=O. The van der Waals surface area contributed by atoms with Gasteiger partial charge in [-0.05, 0) is 12.3 Å². The van der Waals surface area contributed by atoms with Crippen LogP contribution in [0.5, 0.6) is 0 Å². The molecule has 3 amide bonds. The summed E-state index contributed by atoms with van der Waals surface area (Å²) in [6.07, 6.45) is 0.505. The fraction of sp³-hybridized carbons (Fsp3) is 0.438. The van der Waals surface area contributed by atoms with E-state index in [9.17, 15) is 14.4 Å². The fourth-order valence-corrected chi connectivity index (χ4v) is 2.69. The molecule has 0 radical (unpaired) electrons. The normalized spacial score (nSPS) is 21.8. The highest BCUT2D eigenvalue weighted by atomic mass is 16.2. The van der Waals surface area contributed by atoms with Crippen molar-refractivity contribution < 1.29 is 14.4 Å². The van der Waals surface area contributed by atoms with Crippen molar-refractivity contribution in [3.63, 3.8) is 0 Å². The molecule has 5 nitrogen and oxygen atoms in total. The zero-order valence-corrected chi connectivity index (χ0v) is 12.6. The van der Waals surface area contributed by atoms with Crippen molar-refractivity contribution in [3.8, 4) is 0 Å². The smallest absolute Gasteiger partial charge is 0.323 e. The van der Waals surface area contributed by atoms with Crippen LogP contribution >= 0.6 is 0 Å². The Bertz CT molecular complexity index is 568. The highest BCUT2D eigenvalue weighted by Crippen LogP contribution is 2.29. The van der Waals surface area contributed by atoms with Gasteiger partial charge in [0.1, 0.15) is 5.54 Å². The molecular weight excluding hydrogens is 268 g/mol. The van der Waals surface area contributed by atoms with Crippen molar-refractivity contribution in [1.82, 2.24) is 10.2 Å². The van der Waals surface area contributed by atoms with Crippen LogP contribution in [0.25, 0.3) is 0 Å². The molecule has 1 fully saturated rings. The van der Waals surface area contributed by atoms with Crippen LogP contribution < -0.4 is 5.32 Å². The lowest BCUT2D eigenvalue weighted by Gasteiger charge is -2.29. The third-order valence-electron chi connectivity index (χ3n) is 4.14. The minimum atomic E-state index is -0.895. The average molecular weight is 288 g/mol. The molecule has 0 aromatic heterocycles. The van der Waals surface area contributed by atoms with E-state index in [1.165, 1.54) is 0 Å². The lowest BCUT2D eigenvalue weighted by Crippen LogP contribution is -2.51. The summed E-state index contributed by atoms with van der Waals surface area (Å²) < 4.78 is 0. The van der Waals surface area contributed by atoms with Gasteiger partial charge in [-0.25, -0.2) is 4.79 Å². The van der Waals surface area contributed by atoms with Gasteiger partial charge in [0.2, 0.25) is 0 Å². The molecule has 5 heteroatoms. The first-order valence-corrected chi connectivity index (χ1v) is 7.14. The van der Waals surface area contributed by atoms with Crippen molar-refractivity contribution in [2.75, 3.05) is 6.54 Å². The van der Waals surface area contributed by atoms with E-state index in [0.717, 1.165) is 4.90 Å². The molecule has 1 aliphatic rings. The summed E-state index contributed by atoms with van der Waals surface area (Å²) in [5, 5.41) is 2.76. The van der Waals surface area contributed by atoms with Crippen LogP contribution in [0.1, 0.15) is 37.6 Å². The van der Waals surface area contributed by atoms with Crippen LogP contribution in [0.15, 0.2) is 30.3 Å². The zero-order valence-electron chi connectivity index (χ0n) is 12.6. The summed E-state index contributed by atoms with van der Waals surface area (Å²) >= 11 is 0. The Labute approximate surface area is 124 Å². The number of benzene rings is 1. The van der Waals surface area contributed by atoms with Crippen LogP contribution in [-0.2, 0) is 4.79 Å². The molecule has 1 N–H and O–H groups in total. The maximum atomic E-state index is 12.6. The maximum absolute atomic E-state index is 12.6. The Kier molecular flexibility index (Phi) is 4.11. The number of carbonyl (C=O) groups is 3. The van der Waals surface area contributed by atoms with Gasteiger partial charge in [0.05, 0.1) is 6.54 Å². The molecule has 112 valence electrons. The maximum Gasteiger partial charge on any atom is 0.325 e. The number of nitrogens with zero attached hydrogens (tertiary/aromatic N) is 1. The summed E-state index contributed by atoms with van der Waals surface area (Å²) in [6, 6.07) is 8.19. The minimum Gasteiger partial charge on any atom is -0.323 e. The van der Waals surface area contributed by atoms with E-state index >= 15 is 0 Å². The van der Waals surface area contributed by atoms with Gasteiger partial charge in [0.25, 0.3) is 5.91 Å². The molecule has 1 atom stereocenters. The predicted octanol–water partition coefficient (Wildman–Crippen LogP) is 2.23. The standard InChI is InChI=1S/C16H20N2O3/c1-4-16(11(2)3)14(20)18(15(21)17-16)10-13(19)12-8-6-5-7-9-12/h5-9,11H,4,10H2,1-3H3,(H,17,21). The monoisotopic (exact) mass is 288 g/mol. The Morgan fingerprint density at radius 1 is 1.24 bits per heavy atom. The fourth-order valence-electron chi connectivity index (χ4n) is 2.69. The van der Waals surface area contributed by atoms with Crippen molar-refractivity contribution >= 4 is 17.7 Å². The first-order chi connectivity index (χ1) is 9.92. The summed E-state index contributed by atoms with van der Waals surface area (Å²) in [5.41, 5.74) is -0.398. The molecule has 1 aliphatic heterocycles. The van der Waals surface area contributed by atoms with E-state index in [1.807, 2.05) is 26.8 Å². The topological polar surface area (TPSA) is 66.5 Å². The van der Waals surface area contributed by atoms with Crippen molar-refractivity contribution in [3.05, 3.63) is 35.9 Å². The van der Waals surface area contributed by atoms with Crippen LogP contribution in [0.4, 0.5) is 4.79 Å². The number of Topliss-reactive ketones (excluding diaryl/α,β-unsaturated/α-hetero) is 1. The number of hydrogen-bond donors (Lipinski definition) is 1. The number of rotatable bonds is 5. The average Bonchev–Trinajstić information content (AvgIpc) is 2.73. The second-order valence-corrected chi connectivity index (χ2v) is 5.59. The zero-order chi connectivity index (χ0) is 15.6. The minimum absolute atomic E-state index is 0.0317. The first-order valence-electron chi connectivity index (χ1n) is 7.14. The van der Waals surface area contributed by atoms with Gasteiger partial charge < -0.3 is 5.32 Å². The molecule has 0 aliphatic carbocycles.